The van der Waals surface area contributed by atoms with Crippen LogP contribution in [-0.2, 0) is 4.79 Å². The zero-order chi connectivity index (χ0) is 10.6. The number of phenolic OH excluding ortho intramolecular Hbond substituents is 1. The van der Waals surface area contributed by atoms with Gasteiger partial charge in [-0.05, 0) is 24.2 Å². The third kappa shape index (κ3) is 2.74. The molecule has 0 fully saturated rings. The highest BCUT2D eigenvalue weighted by Crippen LogP contribution is 2.20. The summed E-state index contributed by atoms with van der Waals surface area (Å²) >= 11 is 0. The number of aromatic hydroxyl groups is 1. The van der Waals surface area contributed by atoms with E-state index in [1.165, 1.54) is 12.1 Å². The first kappa shape index (κ1) is 10.5. The maximum Gasteiger partial charge on any atom is 0.304 e. The van der Waals surface area contributed by atoms with Crippen molar-refractivity contribution in [2.24, 2.45) is 5.73 Å². The Bertz CT molecular complexity index is 308. The molecule has 0 spiro atoms. The number of phenols is 1. The van der Waals surface area contributed by atoms with E-state index in [1.54, 1.807) is 12.1 Å². The Morgan fingerprint density at radius 2 is 1.93 bits per heavy atom. The number of carboxylic acids is 1. The van der Waals surface area contributed by atoms with Gasteiger partial charge in [-0.2, -0.15) is 0 Å². The summed E-state index contributed by atoms with van der Waals surface area (Å²) in [6.07, 6.45) is 0.0152. The predicted octanol–water partition coefficient (Wildman–Crippen LogP) is 0.909. The van der Waals surface area contributed by atoms with Gasteiger partial charge in [-0.1, -0.05) is 12.1 Å². The highest BCUT2D eigenvalue weighted by Gasteiger charge is 2.13. The lowest BCUT2D eigenvalue weighted by atomic mass is 9.96. The molecule has 4 N–H and O–H groups in total. The predicted molar refractivity (Wildman–Crippen MR) is 52.2 cm³/mol. The van der Waals surface area contributed by atoms with Gasteiger partial charge in [0.05, 0.1) is 6.42 Å². The fourth-order valence-corrected chi connectivity index (χ4v) is 1.29. The second-order valence-electron chi connectivity index (χ2n) is 3.12. The molecular formula is C10H13NO3. The van der Waals surface area contributed by atoms with Gasteiger partial charge in [0, 0.05) is 5.92 Å². The van der Waals surface area contributed by atoms with E-state index in [2.05, 4.69) is 0 Å². The fraction of sp³-hybridized carbons (Fsp3) is 0.300. The molecular weight excluding hydrogens is 182 g/mol. The van der Waals surface area contributed by atoms with Gasteiger partial charge in [-0.3, -0.25) is 4.79 Å². The number of hydrogen-bond donors (Lipinski definition) is 3. The van der Waals surface area contributed by atoms with Crippen LogP contribution in [-0.4, -0.2) is 22.7 Å². The monoisotopic (exact) mass is 195 g/mol. The van der Waals surface area contributed by atoms with Gasteiger partial charge in [-0.25, -0.2) is 0 Å². The van der Waals surface area contributed by atoms with Crippen molar-refractivity contribution in [1.82, 2.24) is 0 Å². The second-order valence-corrected chi connectivity index (χ2v) is 3.12. The first-order valence-electron chi connectivity index (χ1n) is 4.34. The molecule has 14 heavy (non-hydrogen) atoms. The van der Waals surface area contributed by atoms with Crippen molar-refractivity contribution in [3.05, 3.63) is 29.8 Å². The first-order chi connectivity index (χ1) is 6.63. The largest absolute Gasteiger partial charge is 0.508 e. The lowest BCUT2D eigenvalue weighted by molar-refractivity contribution is -0.137. The van der Waals surface area contributed by atoms with Crippen molar-refractivity contribution in [3.8, 4) is 5.75 Å². The molecule has 1 aromatic rings. The number of benzene rings is 1. The Morgan fingerprint density at radius 3 is 2.36 bits per heavy atom. The lowest BCUT2D eigenvalue weighted by Gasteiger charge is -2.12. The van der Waals surface area contributed by atoms with E-state index in [1.807, 2.05) is 0 Å². The average Bonchev–Trinajstić information content (AvgIpc) is 2.15. The summed E-state index contributed by atoms with van der Waals surface area (Å²) in [7, 11) is 0. The van der Waals surface area contributed by atoms with Crippen LogP contribution in [0, 0.1) is 0 Å². The zero-order valence-corrected chi connectivity index (χ0v) is 7.68. The maximum absolute atomic E-state index is 10.5. The van der Waals surface area contributed by atoms with Crippen molar-refractivity contribution in [2.45, 2.75) is 12.3 Å². The topological polar surface area (TPSA) is 83.6 Å². The van der Waals surface area contributed by atoms with Crippen LogP contribution in [0.15, 0.2) is 24.3 Å². The second kappa shape index (κ2) is 4.62. The van der Waals surface area contributed by atoms with Crippen LogP contribution in [0.2, 0.25) is 0 Å². The van der Waals surface area contributed by atoms with Gasteiger partial charge in [0.15, 0.2) is 0 Å². The van der Waals surface area contributed by atoms with Crippen LogP contribution in [0.1, 0.15) is 17.9 Å². The van der Waals surface area contributed by atoms with Gasteiger partial charge >= 0.3 is 5.97 Å². The van der Waals surface area contributed by atoms with Gasteiger partial charge < -0.3 is 15.9 Å². The fourth-order valence-electron chi connectivity index (χ4n) is 1.29. The van der Waals surface area contributed by atoms with Crippen molar-refractivity contribution in [1.29, 1.82) is 0 Å². The molecule has 0 heterocycles. The molecule has 0 saturated carbocycles. The van der Waals surface area contributed by atoms with Crippen molar-refractivity contribution < 1.29 is 15.0 Å². The minimum absolute atomic E-state index is 0.0152. The summed E-state index contributed by atoms with van der Waals surface area (Å²) < 4.78 is 0. The summed E-state index contributed by atoms with van der Waals surface area (Å²) in [5.74, 6) is -0.888. The van der Waals surface area contributed by atoms with Gasteiger partial charge in [-0.15, -0.1) is 0 Å². The summed E-state index contributed by atoms with van der Waals surface area (Å²) in [5.41, 5.74) is 6.31. The molecule has 0 saturated heterocycles. The van der Waals surface area contributed by atoms with Gasteiger partial charge in [0.25, 0.3) is 0 Å². The minimum atomic E-state index is -0.867. The van der Waals surface area contributed by atoms with Gasteiger partial charge in [0.2, 0.25) is 0 Å². The van der Waals surface area contributed by atoms with Gasteiger partial charge in [0.1, 0.15) is 5.75 Å². The lowest BCUT2D eigenvalue weighted by Crippen LogP contribution is -2.16. The normalized spacial score (nSPS) is 12.4. The van der Waals surface area contributed by atoms with E-state index in [4.69, 9.17) is 15.9 Å². The Balaban J connectivity index is 2.78. The maximum atomic E-state index is 10.5. The molecule has 1 atom stereocenters. The van der Waals surface area contributed by atoms with Crippen molar-refractivity contribution >= 4 is 5.97 Å². The van der Waals surface area contributed by atoms with E-state index >= 15 is 0 Å². The third-order valence-electron chi connectivity index (χ3n) is 2.07. The number of rotatable bonds is 4. The number of nitrogens with two attached hydrogens (primary N) is 1. The van der Waals surface area contributed by atoms with E-state index in [0.717, 1.165) is 5.56 Å². The smallest absolute Gasteiger partial charge is 0.304 e. The number of carboxylic acid groups (broad SMARTS) is 1. The third-order valence-corrected chi connectivity index (χ3v) is 2.07. The molecule has 0 unspecified atom stereocenters. The van der Waals surface area contributed by atoms with Crippen LogP contribution < -0.4 is 5.73 Å². The zero-order valence-electron chi connectivity index (χ0n) is 7.68. The Morgan fingerprint density at radius 1 is 1.36 bits per heavy atom. The summed E-state index contributed by atoms with van der Waals surface area (Å²) in [6.45, 7) is 0.289. The summed E-state index contributed by atoms with van der Waals surface area (Å²) in [5, 5.41) is 17.7. The summed E-state index contributed by atoms with van der Waals surface area (Å²) in [6, 6.07) is 6.44. The molecule has 1 aromatic carbocycles. The van der Waals surface area contributed by atoms with E-state index in [-0.39, 0.29) is 24.6 Å². The van der Waals surface area contributed by atoms with Crippen LogP contribution in [0.5, 0.6) is 5.75 Å². The number of aliphatic carboxylic acids is 1. The van der Waals surface area contributed by atoms with Crippen molar-refractivity contribution in [2.75, 3.05) is 6.54 Å². The quantitative estimate of drug-likeness (QED) is 0.666. The van der Waals surface area contributed by atoms with Crippen LogP contribution in [0.4, 0.5) is 0 Å². The van der Waals surface area contributed by atoms with E-state index < -0.39 is 5.97 Å². The Labute approximate surface area is 82.0 Å². The van der Waals surface area contributed by atoms with Crippen molar-refractivity contribution in [3.63, 3.8) is 0 Å². The molecule has 0 aliphatic heterocycles. The molecule has 4 nitrogen and oxygen atoms in total. The molecule has 0 amide bonds. The molecule has 0 aliphatic carbocycles. The molecule has 0 bridgehead atoms. The average molecular weight is 195 g/mol. The van der Waals surface area contributed by atoms with Crippen LogP contribution in [0.3, 0.4) is 0 Å². The first-order valence-corrected chi connectivity index (χ1v) is 4.34. The molecule has 0 aliphatic rings. The highest BCUT2D eigenvalue weighted by atomic mass is 16.4. The summed E-state index contributed by atoms with van der Waals surface area (Å²) in [4.78, 5) is 10.5. The van der Waals surface area contributed by atoms with E-state index in [9.17, 15) is 4.79 Å². The Hall–Kier alpha value is -1.55. The molecule has 4 heteroatoms. The van der Waals surface area contributed by atoms with E-state index in [0.29, 0.717) is 0 Å². The SMILES string of the molecule is NC[C@@H](CC(=O)O)c1ccc(O)cc1. The molecule has 1 rings (SSSR count). The highest BCUT2D eigenvalue weighted by molar-refractivity contribution is 5.68. The van der Waals surface area contributed by atoms with Crippen LogP contribution >= 0.6 is 0 Å². The number of carbonyl (C=O) groups is 1. The number of hydrogen-bond acceptors (Lipinski definition) is 3. The molecule has 76 valence electrons. The minimum Gasteiger partial charge on any atom is -0.508 e. The standard InChI is InChI=1S/C10H13NO3/c11-6-8(5-10(13)14)7-1-3-9(12)4-2-7/h1-4,8,12H,5-6,11H2,(H,13,14)/t8-/m1/s1. The molecule has 0 radical (unpaired) electrons. The Kier molecular flexibility index (Phi) is 3.48. The van der Waals surface area contributed by atoms with Crippen LogP contribution in [0.25, 0.3) is 0 Å². The molecule has 0 aromatic heterocycles.